The van der Waals surface area contributed by atoms with E-state index in [4.69, 9.17) is 0 Å². The number of carbonyl (C=O) groups is 1. The summed E-state index contributed by atoms with van der Waals surface area (Å²) < 4.78 is 0. The number of hydrogen-bond acceptors (Lipinski definition) is 3. The Balaban J connectivity index is 1.94. The largest absolute Gasteiger partial charge is 0.352 e. The van der Waals surface area contributed by atoms with Crippen molar-refractivity contribution in [3.05, 3.63) is 41.4 Å². The molecule has 0 spiro atoms. The molecule has 0 atom stereocenters. The highest BCUT2D eigenvalue weighted by molar-refractivity contribution is 7.13. The standard InChI is InChI=1S/C15H18N2OS/c1-2-3-6-15(18)17-11-12-7-8-16-13(10-12)14-5-4-9-19-14/h4-5,7-10H,2-3,6,11H2,1H3,(H,17,18). The average Bonchev–Trinajstić information content (AvgIpc) is 2.97. The molecular formula is C15H18N2OS. The Morgan fingerprint density at radius 3 is 3.05 bits per heavy atom. The molecular weight excluding hydrogens is 256 g/mol. The first-order valence-corrected chi connectivity index (χ1v) is 7.43. The minimum absolute atomic E-state index is 0.122. The summed E-state index contributed by atoms with van der Waals surface area (Å²) in [6.07, 6.45) is 4.40. The van der Waals surface area contributed by atoms with Gasteiger partial charge in [0, 0.05) is 19.2 Å². The molecule has 0 aliphatic rings. The van der Waals surface area contributed by atoms with Crippen LogP contribution in [0.25, 0.3) is 10.6 Å². The predicted molar refractivity (Wildman–Crippen MR) is 78.9 cm³/mol. The van der Waals surface area contributed by atoms with E-state index in [1.54, 1.807) is 17.5 Å². The maximum absolute atomic E-state index is 11.6. The molecule has 0 bridgehead atoms. The van der Waals surface area contributed by atoms with Crippen LogP contribution in [0.1, 0.15) is 31.7 Å². The first kappa shape index (κ1) is 13.7. The van der Waals surface area contributed by atoms with Crippen LogP contribution in [-0.2, 0) is 11.3 Å². The van der Waals surface area contributed by atoms with Crippen molar-refractivity contribution >= 4 is 17.2 Å². The maximum Gasteiger partial charge on any atom is 0.220 e. The molecule has 0 unspecified atom stereocenters. The fraction of sp³-hybridized carbons (Fsp3) is 0.333. The van der Waals surface area contributed by atoms with Crippen LogP contribution in [-0.4, -0.2) is 10.9 Å². The number of unbranched alkanes of at least 4 members (excludes halogenated alkanes) is 1. The first-order chi connectivity index (χ1) is 9.29. The summed E-state index contributed by atoms with van der Waals surface area (Å²) in [6.45, 7) is 2.66. The van der Waals surface area contributed by atoms with E-state index in [2.05, 4.69) is 23.3 Å². The number of carbonyl (C=O) groups excluding carboxylic acids is 1. The lowest BCUT2D eigenvalue weighted by atomic mass is 10.2. The van der Waals surface area contributed by atoms with E-state index in [1.807, 2.05) is 23.6 Å². The Kier molecular flexibility index (Phi) is 5.10. The summed E-state index contributed by atoms with van der Waals surface area (Å²) in [7, 11) is 0. The van der Waals surface area contributed by atoms with E-state index in [1.165, 1.54) is 0 Å². The normalized spacial score (nSPS) is 10.4. The van der Waals surface area contributed by atoms with Crippen molar-refractivity contribution < 1.29 is 4.79 Å². The van der Waals surface area contributed by atoms with Gasteiger partial charge < -0.3 is 5.32 Å². The molecule has 1 N–H and O–H groups in total. The molecule has 2 rings (SSSR count). The molecule has 0 saturated carbocycles. The quantitative estimate of drug-likeness (QED) is 0.874. The van der Waals surface area contributed by atoms with Crippen LogP contribution in [0.15, 0.2) is 35.8 Å². The monoisotopic (exact) mass is 274 g/mol. The highest BCUT2D eigenvalue weighted by Gasteiger charge is 2.03. The number of pyridine rings is 1. The molecule has 0 saturated heterocycles. The van der Waals surface area contributed by atoms with E-state index in [0.717, 1.165) is 29.0 Å². The number of thiophene rings is 1. The molecule has 2 heterocycles. The number of aromatic nitrogens is 1. The molecule has 0 aromatic carbocycles. The molecule has 0 radical (unpaired) electrons. The van der Waals surface area contributed by atoms with E-state index in [-0.39, 0.29) is 5.91 Å². The second kappa shape index (κ2) is 7.04. The van der Waals surface area contributed by atoms with Gasteiger partial charge in [0.1, 0.15) is 0 Å². The lowest BCUT2D eigenvalue weighted by Gasteiger charge is -2.06. The van der Waals surface area contributed by atoms with E-state index in [0.29, 0.717) is 13.0 Å². The molecule has 19 heavy (non-hydrogen) atoms. The zero-order valence-electron chi connectivity index (χ0n) is 11.1. The molecule has 0 fully saturated rings. The Morgan fingerprint density at radius 1 is 1.42 bits per heavy atom. The van der Waals surface area contributed by atoms with Gasteiger partial charge >= 0.3 is 0 Å². The van der Waals surface area contributed by atoms with Gasteiger partial charge in [0.25, 0.3) is 0 Å². The molecule has 100 valence electrons. The fourth-order valence-electron chi connectivity index (χ4n) is 1.77. The highest BCUT2D eigenvalue weighted by atomic mass is 32.1. The average molecular weight is 274 g/mol. The molecule has 2 aromatic rings. The third-order valence-corrected chi connectivity index (χ3v) is 3.74. The summed E-state index contributed by atoms with van der Waals surface area (Å²) >= 11 is 1.67. The number of nitrogens with zero attached hydrogens (tertiary/aromatic N) is 1. The number of hydrogen-bond donors (Lipinski definition) is 1. The number of amides is 1. The lowest BCUT2D eigenvalue weighted by Crippen LogP contribution is -2.22. The second-order valence-electron chi connectivity index (χ2n) is 4.41. The minimum atomic E-state index is 0.122. The summed E-state index contributed by atoms with van der Waals surface area (Å²) in [5.74, 6) is 0.122. The zero-order valence-corrected chi connectivity index (χ0v) is 11.9. The fourth-order valence-corrected chi connectivity index (χ4v) is 2.46. The second-order valence-corrected chi connectivity index (χ2v) is 5.35. The van der Waals surface area contributed by atoms with Crippen LogP contribution >= 0.6 is 11.3 Å². The van der Waals surface area contributed by atoms with Crippen LogP contribution in [0.2, 0.25) is 0 Å². The topological polar surface area (TPSA) is 42.0 Å². The van der Waals surface area contributed by atoms with Crippen molar-refractivity contribution in [2.45, 2.75) is 32.7 Å². The van der Waals surface area contributed by atoms with Crippen molar-refractivity contribution in [1.82, 2.24) is 10.3 Å². The third-order valence-electron chi connectivity index (χ3n) is 2.85. The number of rotatable bonds is 6. The smallest absolute Gasteiger partial charge is 0.220 e. The molecule has 0 aliphatic heterocycles. The molecule has 2 aromatic heterocycles. The van der Waals surface area contributed by atoms with Crippen LogP contribution in [0, 0.1) is 0 Å². The lowest BCUT2D eigenvalue weighted by molar-refractivity contribution is -0.121. The van der Waals surface area contributed by atoms with Gasteiger partial charge in [0.2, 0.25) is 5.91 Å². The van der Waals surface area contributed by atoms with Gasteiger partial charge in [-0.1, -0.05) is 19.4 Å². The van der Waals surface area contributed by atoms with Gasteiger partial charge in [-0.3, -0.25) is 9.78 Å². The van der Waals surface area contributed by atoms with Crippen molar-refractivity contribution in [1.29, 1.82) is 0 Å². The van der Waals surface area contributed by atoms with Gasteiger partial charge in [-0.25, -0.2) is 0 Å². The molecule has 3 nitrogen and oxygen atoms in total. The molecule has 4 heteroatoms. The van der Waals surface area contributed by atoms with Crippen LogP contribution in [0.4, 0.5) is 0 Å². The van der Waals surface area contributed by atoms with Crippen LogP contribution in [0.3, 0.4) is 0 Å². The summed E-state index contributed by atoms with van der Waals surface area (Å²) in [4.78, 5) is 17.1. The van der Waals surface area contributed by atoms with Crippen molar-refractivity contribution in [3.8, 4) is 10.6 Å². The van der Waals surface area contributed by atoms with Crippen molar-refractivity contribution in [2.24, 2.45) is 0 Å². The van der Waals surface area contributed by atoms with Crippen LogP contribution < -0.4 is 5.32 Å². The summed E-state index contributed by atoms with van der Waals surface area (Å²) in [5.41, 5.74) is 2.05. The van der Waals surface area contributed by atoms with Gasteiger partial charge in [-0.15, -0.1) is 11.3 Å². The van der Waals surface area contributed by atoms with Gasteiger partial charge in [-0.2, -0.15) is 0 Å². The van der Waals surface area contributed by atoms with E-state index < -0.39 is 0 Å². The van der Waals surface area contributed by atoms with Gasteiger partial charge in [0.05, 0.1) is 10.6 Å². The first-order valence-electron chi connectivity index (χ1n) is 6.55. The highest BCUT2D eigenvalue weighted by Crippen LogP contribution is 2.22. The number of nitrogens with one attached hydrogen (secondary N) is 1. The Morgan fingerprint density at radius 2 is 2.32 bits per heavy atom. The summed E-state index contributed by atoms with van der Waals surface area (Å²) in [5, 5.41) is 4.98. The van der Waals surface area contributed by atoms with Gasteiger partial charge in [0.15, 0.2) is 0 Å². The SMILES string of the molecule is CCCCC(=O)NCc1ccnc(-c2cccs2)c1. The van der Waals surface area contributed by atoms with E-state index in [9.17, 15) is 4.79 Å². The van der Waals surface area contributed by atoms with Gasteiger partial charge in [-0.05, 0) is 35.6 Å². The molecule has 1 amide bonds. The summed E-state index contributed by atoms with van der Waals surface area (Å²) in [6, 6.07) is 8.04. The minimum Gasteiger partial charge on any atom is -0.352 e. The van der Waals surface area contributed by atoms with Crippen molar-refractivity contribution in [3.63, 3.8) is 0 Å². The maximum atomic E-state index is 11.6. The van der Waals surface area contributed by atoms with Crippen molar-refractivity contribution in [2.75, 3.05) is 0 Å². The van der Waals surface area contributed by atoms with E-state index >= 15 is 0 Å². The molecule has 0 aliphatic carbocycles. The third kappa shape index (κ3) is 4.17. The predicted octanol–water partition coefficient (Wildman–Crippen LogP) is 3.62. The Hall–Kier alpha value is -1.68. The Bertz CT molecular complexity index is 523. The Labute approximate surface area is 117 Å². The zero-order chi connectivity index (χ0) is 13.5. The van der Waals surface area contributed by atoms with Crippen LogP contribution in [0.5, 0.6) is 0 Å².